The van der Waals surface area contributed by atoms with Gasteiger partial charge in [0.15, 0.2) is 6.29 Å². The van der Waals surface area contributed by atoms with Crippen LogP contribution < -0.4 is 0 Å². The maximum Gasteiger partial charge on any atom is 0.186 e. The molecule has 2 aliphatic rings. The molecule has 0 bridgehead atoms. The first-order valence-corrected chi connectivity index (χ1v) is 3.70. The van der Waals surface area contributed by atoms with E-state index >= 15 is 0 Å². The highest BCUT2D eigenvalue weighted by molar-refractivity contribution is 6.21. The van der Waals surface area contributed by atoms with Gasteiger partial charge in [-0.05, 0) is 0 Å². The fourth-order valence-electron chi connectivity index (χ4n) is 1.22. The van der Waals surface area contributed by atoms with Gasteiger partial charge in [0, 0.05) is 7.11 Å². The van der Waals surface area contributed by atoms with E-state index in [0.29, 0.717) is 6.61 Å². The van der Waals surface area contributed by atoms with E-state index in [1.807, 2.05) is 0 Å². The lowest BCUT2D eigenvalue weighted by Gasteiger charge is -2.20. The second-order valence-electron chi connectivity index (χ2n) is 2.52. The van der Waals surface area contributed by atoms with Crippen LogP contribution in [-0.4, -0.2) is 37.6 Å². The molecule has 2 saturated heterocycles. The number of fused-ring (bicyclic) bond motifs is 1. The van der Waals surface area contributed by atoms with Crippen LogP contribution in [0.2, 0.25) is 0 Å². The van der Waals surface area contributed by atoms with E-state index in [1.165, 1.54) is 0 Å². The molecule has 58 valence electrons. The van der Waals surface area contributed by atoms with Gasteiger partial charge in [-0.1, -0.05) is 0 Å². The van der Waals surface area contributed by atoms with Gasteiger partial charge in [-0.25, -0.2) is 0 Å². The van der Waals surface area contributed by atoms with Crippen LogP contribution in [-0.2, 0) is 14.2 Å². The molecule has 2 heterocycles. The lowest BCUT2D eigenvalue weighted by Crippen LogP contribution is -2.35. The number of hydrogen-bond acceptors (Lipinski definition) is 3. The summed E-state index contributed by atoms with van der Waals surface area (Å²) in [5.41, 5.74) is 0. The van der Waals surface area contributed by atoms with Crippen LogP contribution in [0.5, 0.6) is 0 Å². The first-order chi connectivity index (χ1) is 4.83. The molecule has 0 saturated carbocycles. The van der Waals surface area contributed by atoms with Crippen LogP contribution in [0.25, 0.3) is 0 Å². The predicted molar refractivity (Wildman–Crippen MR) is 35.1 cm³/mol. The van der Waals surface area contributed by atoms with Crippen LogP contribution in [0.1, 0.15) is 0 Å². The van der Waals surface area contributed by atoms with E-state index < -0.39 is 0 Å². The molecular weight excluding hydrogens is 156 g/mol. The molecule has 0 aromatic heterocycles. The van der Waals surface area contributed by atoms with Crippen molar-refractivity contribution in [1.29, 1.82) is 0 Å². The number of hydrogen-bond donors (Lipinski definition) is 0. The van der Waals surface area contributed by atoms with E-state index in [9.17, 15) is 0 Å². The number of halogens is 1. The predicted octanol–water partition coefficient (Wildman–Crippen LogP) is 0.364. The zero-order valence-electron chi connectivity index (χ0n) is 5.62. The summed E-state index contributed by atoms with van der Waals surface area (Å²) in [6.07, 6.45) is 0.0571. The average Bonchev–Trinajstić information content (AvgIpc) is 2.68. The van der Waals surface area contributed by atoms with Crippen molar-refractivity contribution in [1.82, 2.24) is 0 Å². The molecule has 0 aliphatic carbocycles. The summed E-state index contributed by atoms with van der Waals surface area (Å²) in [5, 5.41) is 0.0106. The molecule has 4 unspecified atom stereocenters. The Morgan fingerprint density at radius 1 is 1.50 bits per heavy atom. The molecule has 0 aromatic carbocycles. The topological polar surface area (TPSA) is 31.0 Å². The SMILES string of the molecule is COC1OCC(Cl)C2OC12. The maximum atomic E-state index is 5.83. The Morgan fingerprint density at radius 3 is 3.00 bits per heavy atom. The summed E-state index contributed by atoms with van der Waals surface area (Å²) < 4.78 is 15.4. The molecule has 2 rings (SSSR count). The number of rotatable bonds is 1. The second-order valence-corrected chi connectivity index (χ2v) is 3.08. The smallest absolute Gasteiger partial charge is 0.186 e. The van der Waals surface area contributed by atoms with E-state index in [4.69, 9.17) is 25.8 Å². The van der Waals surface area contributed by atoms with Crippen LogP contribution in [0.15, 0.2) is 0 Å². The first kappa shape index (κ1) is 6.85. The Balaban J connectivity index is 1.95. The Kier molecular flexibility index (Phi) is 1.60. The highest BCUT2D eigenvalue weighted by Crippen LogP contribution is 2.36. The first-order valence-electron chi connectivity index (χ1n) is 3.27. The molecule has 0 N–H and O–H groups in total. The molecule has 0 aromatic rings. The molecule has 0 radical (unpaired) electrons. The van der Waals surface area contributed by atoms with Gasteiger partial charge in [-0.15, -0.1) is 11.6 Å². The summed E-state index contributed by atoms with van der Waals surface area (Å²) >= 11 is 5.83. The number of epoxide rings is 1. The van der Waals surface area contributed by atoms with Gasteiger partial charge in [0.05, 0.1) is 12.0 Å². The molecule has 4 atom stereocenters. The summed E-state index contributed by atoms with van der Waals surface area (Å²) in [7, 11) is 1.61. The van der Waals surface area contributed by atoms with E-state index in [0.717, 1.165) is 0 Å². The van der Waals surface area contributed by atoms with Crippen LogP contribution in [0.4, 0.5) is 0 Å². The minimum Gasteiger partial charge on any atom is -0.362 e. The molecule has 0 amide bonds. The van der Waals surface area contributed by atoms with Crippen molar-refractivity contribution >= 4 is 11.6 Å². The number of ether oxygens (including phenoxy) is 3. The molecule has 2 fully saturated rings. The highest BCUT2D eigenvalue weighted by atomic mass is 35.5. The quantitative estimate of drug-likeness (QED) is 0.414. The third-order valence-electron chi connectivity index (χ3n) is 1.84. The standard InChI is InChI=1S/C6H9ClO3/c1-8-6-5-4(10-5)3(7)2-9-6/h3-6H,2H2,1H3. The van der Waals surface area contributed by atoms with Crippen molar-refractivity contribution in [2.24, 2.45) is 0 Å². The van der Waals surface area contributed by atoms with Crippen molar-refractivity contribution < 1.29 is 14.2 Å². The summed E-state index contributed by atoms with van der Waals surface area (Å²) in [5.74, 6) is 0. The largest absolute Gasteiger partial charge is 0.362 e. The fraction of sp³-hybridized carbons (Fsp3) is 1.00. The fourth-order valence-corrected chi connectivity index (χ4v) is 1.50. The van der Waals surface area contributed by atoms with Gasteiger partial charge in [0.1, 0.15) is 12.2 Å². The zero-order valence-corrected chi connectivity index (χ0v) is 6.38. The minimum atomic E-state index is -0.194. The normalized spacial score (nSPS) is 52.2. The molecule has 4 heteroatoms. The van der Waals surface area contributed by atoms with Crippen molar-refractivity contribution in [3.63, 3.8) is 0 Å². The van der Waals surface area contributed by atoms with Crippen molar-refractivity contribution in [2.45, 2.75) is 23.9 Å². The summed E-state index contributed by atoms with van der Waals surface area (Å²) in [6, 6.07) is 0. The molecule has 10 heavy (non-hydrogen) atoms. The zero-order chi connectivity index (χ0) is 7.14. The van der Waals surface area contributed by atoms with Gasteiger partial charge in [-0.3, -0.25) is 0 Å². The average molecular weight is 165 g/mol. The Hall–Kier alpha value is 0.170. The molecule has 2 aliphatic heterocycles. The van der Waals surface area contributed by atoms with E-state index in [1.54, 1.807) is 7.11 Å². The van der Waals surface area contributed by atoms with Gasteiger partial charge in [0.2, 0.25) is 0 Å². The molecule has 0 spiro atoms. The van der Waals surface area contributed by atoms with Gasteiger partial charge < -0.3 is 14.2 Å². The Labute approximate surface area is 64.2 Å². The summed E-state index contributed by atoms with van der Waals surface area (Å²) in [4.78, 5) is 0. The number of alkyl halides is 1. The van der Waals surface area contributed by atoms with E-state index in [2.05, 4.69) is 0 Å². The third-order valence-corrected chi connectivity index (χ3v) is 2.21. The van der Waals surface area contributed by atoms with E-state index in [-0.39, 0.29) is 23.9 Å². The lowest BCUT2D eigenvalue weighted by molar-refractivity contribution is -0.140. The van der Waals surface area contributed by atoms with Gasteiger partial charge in [0.25, 0.3) is 0 Å². The molecular formula is C6H9ClO3. The minimum absolute atomic E-state index is 0.0106. The summed E-state index contributed by atoms with van der Waals surface area (Å²) in [6.45, 7) is 0.529. The third kappa shape index (κ3) is 0.937. The highest BCUT2D eigenvalue weighted by Gasteiger charge is 2.53. The second kappa shape index (κ2) is 2.34. The Bertz CT molecular complexity index is 141. The van der Waals surface area contributed by atoms with Crippen molar-refractivity contribution in [3.05, 3.63) is 0 Å². The van der Waals surface area contributed by atoms with Gasteiger partial charge in [-0.2, -0.15) is 0 Å². The van der Waals surface area contributed by atoms with Crippen LogP contribution in [0, 0.1) is 0 Å². The van der Waals surface area contributed by atoms with Crippen LogP contribution in [0.3, 0.4) is 0 Å². The van der Waals surface area contributed by atoms with Crippen molar-refractivity contribution in [3.8, 4) is 0 Å². The van der Waals surface area contributed by atoms with Crippen molar-refractivity contribution in [2.75, 3.05) is 13.7 Å². The monoisotopic (exact) mass is 164 g/mol. The number of methoxy groups -OCH3 is 1. The Morgan fingerprint density at radius 2 is 2.30 bits per heavy atom. The maximum absolute atomic E-state index is 5.83. The van der Waals surface area contributed by atoms with Crippen LogP contribution >= 0.6 is 11.6 Å². The molecule has 3 nitrogen and oxygen atoms in total. The van der Waals surface area contributed by atoms with Gasteiger partial charge >= 0.3 is 0 Å². The lowest BCUT2D eigenvalue weighted by atomic mass is 10.2.